The highest BCUT2D eigenvalue weighted by molar-refractivity contribution is 5.49. The van der Waals surface area contributed by atoms with Crippen molar-refractivity contribution in [3.63, 3.8) is 0 Å². The van der Waals surface area contributed by atoms with Gasteiger partial charge in [0.1, 0.15) is 5.82 Å². The fraction of sp³-hybridized carbons (Fsp3) is 0.455. The Morgan fingerprint density at radius 3 is 1.42 bits per heavy atom. The van der Waals surface area contributed by atoms with E-state index in [1.165, 1.54) is 0 Å². The van der Waals surface area contributed by atoms with Gasteiger partial charge in [-0.2, -0.15) is 17.6 Å². The molecule has 1 aromatic rings. The molecule has 0 N–H and O–H groups in total. The van der Waals surface area contributed by atoms with Crippen molar-refractivity contribution >= 4 is 0 Å². The highest BCUT2D eigenvalue weighted by Gasteiger charge is 3.00. The Hall–Kier alpha value is -1.34. The molecule has 1 fully saturated rings. The van der Waals surface area contributed by atoms with Crippen LogP contribution in [0.5, 0.6) is 0 Å². The number of hydrogen-bond donors (Lipinski definition) is 0. The van der Waals surface area contributed by atoms with Crippen LogP contribution in [0.2, 0.25) is 0 Å². The first-order valence-corrected chi connectivity index (χ1v) is 5.01. The first-order valence-electron chi connectivity index (χ1n) is 5.01. The van der Waals surface area contributed by atoms with Crippen LogP contribution >= 0.6 is 0 Å². The molecule has 0 spiro atoms. The molecule has 0 nitrogen and oxygen atoms in total. The van der Waals surface area contributed by atoms with E-state index in [0.717, 1.165) is 6.92 Å². The van der Waals surface area contributed by atoms with E-state index in [4.69, 9.17) is 0 Å². The minimum absolute atomic E-state index is 0.631. The van der Waals surface area contributed by atoms with Gasteiger partial charge in [0, 0.05) is 11.1 Å². The minimum atomic E-state index is -5.21. The zero-order valence-corrected chi connectivity index (χ0v) is 9.52. The van der Waals surface area contributed by atoms with Crippen LogP contribution in [0.1, 0.15) is 16.7 Å². The molecule has 19 heavy (non-hydrogen) atoms. The molecule has 0 heterocycles. The van der Waals surface area contributed by atoms with Crippen LogP contribution < -0.4 is 0 Å². The first-order chi connectivity index (χ1) is 8.43. The summed E-state index contributed by atoms with van der Waals surface area (Å²) in [4.78, 5) is 0. The molecule has 0 unspecified atom stereocenters. The van der Waals surface area contributed by atoms with Crippen molar-refractivity contribution in [3.8, 4) is 0 Å². The molecule has 1 aromatic carbocycles. The number of hydrogen-bond acceptors (Lipinski definition) is 0. The summed E-state index contributed by atoms with van der Waals surface area (Å²) in [6, 6.07) is 0. The van der Waals surface area contributed by atoms with Crippen LogP contribution in [0, 0.1) is 31.3 Å². The summed E-state index contributed by atoms with van der Waals surface area (Å²) in [5.41, 5.74) is -8.70. The first kappa shape index (κ1) is 14.1. The monoisotopic (exact) mass is 290 g/mol. The number of halogens is 8. The van der Waals surface area contributed by atoms with E-state index in [-0.39, 0.29) is 0 Å². The average molecular weight is 290 g/mol. The van der Waals surface area contributed by atoms with E-state index in [1.807, 2.05) is 0 Å². The van der Waals surface area contributed by atoms with Gasteiger partial charge in [-0.25, -0.2) is 17.6 Å². The van der Waals surface area contributed by atoms with E-state index in [1.54, 1.807) is 0 Å². The molecule has 106 valence electrons. The maximum absolute atomic E-state index is 13.7. The van der Waals surface area contributed by atoms with Gasteiger partial charge in [-0.15, -0.1) is 0 Å². The maximum Gasteiger partial charge on any atom is 0.357 e. The maximum atomic E-state index is 13.7. The predicted octanol–water partition coefficient (Wildman–Crippen LogP) is 4.17. The van der Waals surface area contributed by atoms with Gasteiger partial charge >= 0.3 is 11.8 Å². The van der Waals surface area contributed by atoms with Crippen molar-refractivity contribution < 1.29 is 35.1 Å². The van der Waals surface area contributed by atoms with Crippen molar-refractivity contribution in [1.29, 1.82) is 0 Å². The van der Waals surface area contributed by atoms with Crippen LogP contribution in [-0.2, 0) is 5.67 Å². The van der Waals surface area contributed by atoms with Crippen LogP contribution in [0.4, 0.5) is 35.1 Å². The minimum Gasteiger partial charge on any atom is -0.224 e. The summed E-state index contributed by atoms with van der Waals surface area (Å²) in [7, 11) is 0. The Balaban J connectivity index is 2.81. The Morgan fingerprint density at radius 2 is 1.05 bits per heavy atom. The standard InChI is InChI=1S/C11H6F8/c1-3-5(8(14)7(13)4(2)6(3)12)9(15)10(16,17)11(9,18)19/h1-2H3. The molecule has 0 saturated heterocycles. The van der Waals surface area contributed by atoms with E-state index < -0.39 is 51.7 Å². The summed E-state index contributed by atoms with van der Waals surface area (Å²) >= 11 is 0. The van der Waals surface area contributed by atoms with Crippen molar-refractivity contribution in [1.82, 2.24) is 0 Å². The number of rotatable bonds is 1. The lowest BCUT2D eigenvalue weighted by Gasteiger charge is -2.14. The Labute approximate surface area is 102 Å². The van der Waals surface area contributed by atoms with Crippen molar-refractivity contribution in [2.75, 3.05) is 0 Å². The molecule has 0 bridgehead atoms. The van der Waals surface area contributed by atoms with E-state index in [9.17, 15) is 35.1 Å². The van der Waals surface area contributed by atoms with Gasteiger partial charge in [-0.05, 0) is 19.4 Å². The quantitative estimate of drug-likeness (QED) is 0.538. The molecule has 0 amide bonds. The largest absolute Gasteiger partial charge is 0.357 e. The molecule has 0 radical (unpaired) electrons. The van der Waals surface area contributed by atoms with Crippen LogP contribution in [0.3, 0.4) is 0 Å². The predicted molar refractivity (Wildman–Crippen MR) is 48.5 cm³/mol. The third-order valence-electron chi connectivity index (χ3n) is 3.32. The second kappa shape index (κ2) is 3.40. The lowest BCUT2D eigenvalue weighted by atomic mass is 9.97. The Bertz CT molecular complexity index is 532. The lowest BCUT2D eigenvalue weighted by molar-refractivity contribution is -0.0278. The van der Waals surface area contributed by atoms with Gasteiger partial charge in [0.2, 0.25) is 0 Å². The fourth-order valence-electron chi connectivity index (χ4n) is 2.04. The third-order valence-corrected chi connectivity index (χ3v) is 3.32. The summed E-state index contributed by atoms with van der Waals surface area (Å²) < 4.78 is 105. The molecule has 0 atom stereocenters. The molecule has 1 saturated carbocycles. The van der Waals surface area contributed by atoms with Gasteiger partial charge in [0.05, 0.1) is 0 Å². The number of benzene rings is 1. The smallest absolute Gasteiger partial charge is 0.224 e. The SMILES string of the molecule is Cc1c(F)c(C)c(C2(F)C(F)(F)C2(F)F)c(F)c1F. The summed E-state index contributed by atoms with van der Waals surface area (Å²) in [6.07, 6.45) is 0. The van der Waals surface area contributed by atoms with Crippen molar-refractivity contribution in [3.05, 3.63) is 34.1 Å². The van der Waals surface area contributed by atoms with Crippen LogP contribution in [0.15, 0.2) is 0 Å². The van der Waals surface area contributed by atoms with E-state index in [2.05, 4.69) is 0 Å². The zero-order chi connectivity index (χ0) is 15.0. The van der Waals surface area contributed by atoms with Gasteiger partial charge in [0.15, 0.2) is 11.6 Å². The summed E-state index contributed by atoms with van der Waals surface area (Å²) in [5.74, 6) is -16.1. The molecule has 0 aliphatic heterocycles. The van der Waals surface area contributed by atoms with Crippen LogP contribution in [0.25, 0.3) is 0 Å². The van der Waals surface area contributed by atoms with Gasteiger partial charge in [-0.3, -0.25) is 0 Å². The molecule has 0 aromatic heterocycles. The van der Waals surface area contributed by atoms with Crippen LogP contribution in [-0.4, -0.2) is 11.8 Å². The molecule has 1 aliphatic carbocycles. The van der Waals surface area contributed by atoms with Gasteiger partial charge < -0.3 is 0 Å². The zero-order valence-electron chi connectivity index (χ0n) is 9.52. The van der Waals surface area contributed by atoms with Gasteiger partial charge in [-0.1, -0.05) is 0 Å². The molecule has 2 rings (SSSR count). The Kier molecular flexibility index (Phi) is 2.52. The van der Waals surface area contributed by atoms with Crippen molar-refractivity contribution in [2.24, 2.45) is 0 Å². The van der Waals surface area contributed by atoms with Crippen molar-refractivity contribution in [2.45, 2.75) is 31.4 Å². The number of alkyl halides is 5. The van der Waals surface area contributed by atoms with E-state index >= 15 is 0 Å². The summed E-state index contributed by atoms with van der Waals surface area (Å²) in [5, 5.41) is 0. The molecular weight excluding hydrogens is 284 g/mol. The summed E-state index contributed by atoms with van der Waals surface area (Å²) in [6.45, 7) is 1.41. The topological polar surface area (TPSA) is 0 Å². The molecule has 1 aliphatic rings. The lowest BCUT2D eigenvalue weighted by Crippen LogP contribution is -2.19. The van der Waals surface area contributed by atoms with Gasteiger partial charge in [0.25, 0.3) is 5.67 Å². The highest BCUT2D eigenvalue weighted by Crippen LogP contribution is 2.74. The average Bonchev–Trinajstić information content (AvgIpc) is 2.62. The second-order valence-electron chi connectivity index (χ2n) is 4.37. The third kappa shape index (κ3) is 1.24. The Morgan fingerprint density at radius 1 is 0.632 bits per heavy atom. The second-order valence-corrected chi connectivity index (χ2v) is 4.37. The molecular formula is C11H6F8. The fourth-order valence-corrected chi connectivity index (χ4v) is 2.04. The highest BCUT2D eigenvalue weighted by atomic mass is 19.3. The van der Waals surface area contributed by atoms with E-state index in [0.29, 0.717) is 6.92 Å². The normalized spacial score (nSPS) is 22.4. The molecule has 8 heteroatoms.